The van der Waals surface area contributed by atoms with Crippen molar-refractivity contribution in [1.29, 1.82) is 0 Å². The quantitative estimate of drug-likeness (QED) is 0.383. The summed E-state index contributed by atoms with van der Waals surface area (Å²) in [5.74, 6) is 0. The van der Waals surface area contributed by atoms with Gasteiger partial charge in [-0.15, -0.1) is 0 Å². The van der Waals surface area contributed by atoms with Gasteiger partial charge in [-0.25, -0.2) is 0 Å². The van der Waals surface area contributed by atoms with E-state index in [-0.39, 0.29) is 6.61 Å². The molecule has 1 rings (SSSR count). The fourth-order valence-corrected chi connectivity index (χ4v) is 1.39. The predicted molar refractivity (Wildman–Crippen MR) is 42.7 cm³/mol. The van der Waals surface area contributed by atoms with Crippen LogP contribution in [0, 0.1) is 0 Å². The highest BCUT2D eigenvalue weighted by molar-refractivity contribution is 4.91. The number of rotatable bonds is 2. The second-order valence-electron chi connectivity index (χ2n) is 3.02. The van der Waals surface area contributed by atoms with Crippen LogP contribution in [0.2, 0.25) is 0 Å². The number of aliphatic hydroxyl groups excluding tert-OH is 3. The Morgan fingerprint density at radius 3 is 2.54 bits per heavy atom. The van der Waals surface area contributed by atoms with Crippen molar-refractivity contribution in [1.82, 2.24) is 0 Å². The first kappa shape index (κ1) is 10.8. The molecule has 78 valence electrons. The van der Waals surface area contributed by atoms with Gasteiger partial charge >= 0.3 is 0 Å². The summed E-state index contributed by atoms with van der Waals surface area (Å²) in [7, 11) is 1.38. The van der Waals surface area contributed by atoms with Crippen LogP contribution in [-0.4, -0.2) is 59.7 Å². The van der Waals surface area contributed by atoms with E-state index in [0.717, 1.165) is 0 Å². The van der Waals surface area contributed by atoms with Gasteiger partial charge in [0.05, 0.1) is 12.6 Å². The Morgan fingerprint density at radius 1 is 1.46 bits per heavy atom. The highest BCUT2D eigenvalue weighted by Gasteiger charge is 2.42. The highest BCUT2D eigenvalue weighted by Crippen LogP contribution is 2.20. The van der Waals surface area contributed by atoms with Gasteiger partial charge in [0.15, 0.2) is 6.29 Å². The molecule has 0 saturated carbocycles. The van der Waals surface area contributed by atoms with Crippen LogP contribution < -0.4 is 5.73 Å². The van der Waals surface area contributed by atoms with Crippen molar-refractivity contribution in [3.8, 4) is 0 Å². The predicted octanol–water partition coefficient (Wildman–Crippen LogP) is -2.60. The summed E-state index contributed by atoms with van der Waals surface area (Å²) < 4.78 is 9.82. The molecule has 0 spiro atoms. The lowest BCUT2D eigenvalue weighted by Gasteiger charge is -2.39. The average Bonchev–Trinajstić information content (AvgIpc) is 2.13. The Bertz CT molecular complexity index is 165. The molecule has 5 N–H and O–H groups in total. The molecule has 2 unspecified atom stereocenters. The Hall–Kier alpha value is -0.240. The van der Waals surface area contributed by atoms with Gasteiger partial charge < -0.3 is 30.5 Å². The highest BCUT2D eigenvalue weighted by atomic mass is 16.6. The van der Waals surface area contributed by atoms with E-state index >= 15 is 0 Å². The summed E-state index contributed by atoms with van der Waals surface area (Å²) in [5.41, 5.74) is 5.42. The van der Waals surface area contributed by atoms with E-state index in [2.05, 4.69) is 0 Å². The number of aliphatic hydroxyl groups is 3. The SMILES string of the molecule is CO[C@@H]1C(CO)OC(O)[C@@H](N)[C@H]1O. The lowest BCUT2D eigenvalue weighted by molar-refractivity contribution is -0.254. The molecule has 5 atom stereocenters. The lowest BCUT2D eigenvalue weighted by Crippen LogP contribution is -2.62. The van der Waals surface area contributed by atoms with Crippen molar-refractivity contribution in [2.75, 3.05) is 13.7 Å². The topological polar surface area (TPSA) is 105 Å². The molecule has 0 aromatic rings. The molecule has 1 heterocycles. The third-order valence-corrected chi connectivity index (χ3v) is 2.19. The number of hydrogen-bond donors (Lipinski definition) is 4. The third kappa shape index (κ3) is 1.98. The van der Waals surface area contributed by atoms with Crippen molar-refractivity contribution in [2.45, 2.75) is 30.6 Å². The maximum Gasteiger partial charge on any atom is 0.173 e. The zero-order chi connectivity index (χ0) is 10.0. The fraction of sp³-hybridized carbons (Fsp3) is 1.00. The van der Waals surface area contributed by atoms with E-state index < -0.39 is 30.6 Å². The summed E-state index contributed by atoms with van der Waals surface area (Å²) in [6.07, 6.45) is -3.75. The minimum absolute atomic E-state index is 0.334. The van der Waals surface area contributed by atoms with E-state index in [1.54, 1.807) is 0 Å². The van der Waals surface area contributed by atoms with Crippen LogP contribution >= 0.6 is 0 Å². The molecule has 1 fully saturated rings. The Kier molecular flexibility index (Phi) is 3.60. The largest absolute Gasteiger partial charge is 0.394 e. The molecule has 1 aliphatic heterocycles. The fourth-order valence-electron chi connectivity index (χ4n) is 1.39. The summed E-state index contributed by atoms with van der Waals surface area (Å²) in [6.45, 7) is -0.334. The molecule has 0 amide bonds. The molecule has 1 aliphatic rings. The van der Waals surface area contributed by atoms with Crippen LogP contribution in [0.1, 0.15) is 0 Å². The summed E-state index contributed by atoms with van der Waals surface area (Å²) >= 11 is 0. The zero-order valence-corrected chi connectivity index (χ0v) is 7.33. The van der Waals surface area contributed by atoms with Crippen LogP contribution in [-0.2, 0) is 9.47 Å². The molecule has 0 aromatic carbocycles. The minimum Gasteiger partial charge on any atom is -0.394 e. The van der Waals surface area contributed by atoms with Crippen molar-refractivity contribution in [3.63, 3.8) is 0 Å². The molecule has 0 aromatic heterocycles. The smallest absolute Gasteiger partial charge is 0.173 e. The van der Waals surface area contributed by atoms with Gasteiger partial charge in [0.25, 0.3) is 0 Å². The Labute approximate surface area is 75.9 Å². The molecule has 6 heteroatoms. The van der Waals surface area contributed by atoms with Gasteiger partial charge in [0.2, 0.25) is 0 Å². The van der Waals surface area contributed by atoms with Gasteiger partial charge in [-0.1, -0.05) is 0 Å². The Balaban J connectivity index is 2.69. The van der Waals surface area contributed by atoms with Gasteiger partial charge in [-0.3, -0.25) is 0 Å². The van der Waals surface area contributed by atoms with Gasteiger partial charge in [-0.2, -0.15) is 0 Å². The molecule has 0 aliphatic carbocycles. The van der Waals surface area contributed by atoms with Crippen LogP contribution in [0.15, 0.2) is 0 Å². The normalized spacial score (nSPS) is 46.4. The maximum atomic E-state index is 9.51. The molecule has 6 nitrogen and oxygen atoms in total. The van der Waals surface area contributed by atoms with E-state index in [1.165, 1.54) is 7.11 Å². The summed E-state index contributed by atoms with van der Waals surface area (Å²) in [4.78, 5) is 0. The van der Waals surface area contributed by atoms with Crippen LogP contribution in [0.5, 0.6) is 0 Å². The van der Waals surface area contributed by atoms with Crippen molar-refractivity contribution < 1.29 is 24.8 Å². The molecular weight excluding hydrogens is 178 g/mol. The number of methoxy groups -OCH3 is 1. The summed E-state index contributed by atoms with van der Waals surface area (Å²) in [6, 6.07) is -0.909. The van der Waals surface area contributed by atoms with E-state index in [1.807, 2.05) is 0 Å². The van der Waals surface area contributed by atoms with Crippen LogP contribution in [0.4, 0.5) is 0 Å². The number of hydrogen-bond acceptors (Lipinski definition) is 6. The van der Waals surface area contributed by atoms with Gasteiger partial charge in [-0.05, 0) is 0 Å². The van der Waals surface area contributed by atoms with Crippen molar-refractivity contribution >= 4 is 0 Å². The monoisotopic (exact) mass is 193 g/mol. The van der Waals surface area contributed by atoms with Crippen LogP contribution in [0.25, 0.3) is 0 Å². The van der Waals surface area contributed by atoms with E-state index in [0.29, 0.717) is 0 Å². The molecule has 13 heavy (non-hydrogen) atoms. The first-order valence-corrected chi connectivity index (χ1v) is 4.02. The van der Waals surface area contributed by atoms with Gasteiger partial charge in [0, 0.05) is 7.11 Å². The average molecular weight is 193 g/mol. The number of ether oxygens (including phenoxy) is 2. The first-order chi connectivity index (χ1) is 6.11. The molecule has 1 saturated heterocycles. The van der Waals surface area contributed by atoms with E-state index in [4.69, 9.17) is 20.3 Å². The Morgan fingerprint density at radius 2 is 2.08 bits per heavy atom. The number of nitrogens with two attached hydrogens (primary N) is 1. The minimum atomic E-state index is -1.27. The molecular formula is C7H15NO5. The van der Waals surface area contributed by atoms with E-state index in [9.17, 15) is 10.2 Å². The van der Waals surface area contributed by atoms with Crippen LogP contribution in [0.3, 0.4) is 0 Å². The maximum absolute atomic E-state index is 9.51. The second-order valence-corrected chi connectivity index (χ2v) is 3.02. The molecule has 0 radical (unpaired) electrons. The van der Waals surface area contributed by atoms with Crippen molar-refractivity contribution in [2.24, 2.45) is 5.73 Å². The zero-order valence-electron chi connectivity index (χ0n) is 7.33. The lowest BCUT2D eigenvalue weighted by atomic mass is 9.98. The standard InChI is InChI=1S/C7H15NO5/c1-12-6-3(2-9)13-7(11)4(8)5(6)10/h3-7,9-11H,2,8H2,1H3/t3?,4-,5+,6+,7?/m0/s1. The van der Waals surface area contributed by atoms with Gasteiger partial charge in [0.1, 0.15) is 18.3 Å². The molecule has 0 bridgehead atoms. The third-order valence-electron chi connectivity index (χ3n) is 2.19. The summed E-state index contributed by atoms with van der Waals surface area (Å²) in [5, 5.41) is 27.5. The van der Waals surface area contributed by atoms with Crippen molar-refractivity contribution in [3.05, 3.63) is 0 Å². The first-order valence-electron chi connectivity index (χ1n) is 4.02. The second kappa shape index (κ2) is 4.32.